The molecule has 1 heterocycles. The van der Waals surface area contributed by atoms with Gasteiger partial charge in [0, 0.05) is 17.1 Å². The average molecular weight is 261 g/mol. The van der Waals surface area contributed by atoms with Crippen LogP contribution in [0.1, 0.15) is 58.6 Å². The van der Waals surface area contributed by atoms with Crippen molar-refractivity contribution in [1.29, 1.82) is 0 Å². The van der Waals surface area contributed by atoms with Crippen LogP contribution in [0.5, 0.6) is 5.75 Å². The summed E-state index contributed by atoms with van der Waals surface area (Å²) in [6.07, 6.45) is 3.58. The number of nitrogens with zero attached hydrogens (tertiary/aromatic N) is 1. The fourth-order valence-electron chi connectivity index (χ4n) is 2.99. The van der Waals surface area contributed by atoms with Crippen molar-refractivity contribution in [2.75, 3.05) is 13.2 Å². The van der Waals surface area contributed by atoms with Crippen LogP contribution in [0.4, 0.5) is 0 Å². The van der Waals surface area contributed by atoms with Crippen molar-refractivity contribution in [2.24, 2.45) is 0 Å². The predicted molar refractivity (Wildman–Crippen MR) is 80.7 cm³/mol. The third-order valence-corrected chi connectivity index (χ3v) is 3.85. The average Bonchev–Trinajstić information content (AvgIpc) is 2.85. The third-order valence-electron chi connectivity index (χ3n) is 3.85. The lowest BCUT2D eigenvalue weighted by atomic mass is 9.98. The fraction of sp³-hybridized carbons (Fsp3) is 0.647. The number of para-hydroxylation sites is 1. The van der Waals surface area contributed by atoms with E-state index in [4.69, 9.17) is 4.74 Å². The molecule has 1 aromatic carbocycles. The summed E-state index contributed by atoms with van der Waals surface area (Å²) in [5.74, 6) is 1.07. The topological polar surface area (TPSA) is 12.5 Å². The minimum Gasteiger partial charge on any atom is -0.493 e. The molecular formula is C17H27NO. The maximum Gasteiger partial charge on any atom is 0.124 e. The summed E-state index contributed by atoms with van der Waals surface area (Å²) in [6, 6.07) is 9.07. The molecule has 0 bridgehead atoms. The summed E-state index contributed by atoms with van der Waals surface area (Å²) in [4.78, 5) is 2.61. The quantitative estimate of drug-likeness (QED) is 0.796. The van der Waals surface area contributed by atoms with E-state index in [1.165, 1.54) is 24.9 Å². The minimum absolute atomic E-state index is 0.221. The van der Waals surface area contributed by atoms with Crippen molar-refractivity contribution in [3.8, 4) is 5.75 Å². The van der Waals surface area contributed by atoms with Gasteiger partial charge in [0.2, 0.25) is 0 Å². The lowest BCUT2D eigenvalue weighted by molar-refractivity contribution is 0.119. The molecule has 0 spiro atoms. The van der Waals surface area contributed by atoms with Gasteiger partial charge in [-0.1, -0.05) is 25.1 Å². The van der Waals surface area contributed by atoms with Gasteiger partial charge in [0.05, 0.1) is 6.61 Å². The van der Waals surface area contributed by atoms with Crippen LogP contribution in [-0.2, 0) is 0 Å². The van der Waals surface area contributed by atoms with Gasteiger partial charge < -0.3 is 4.74 Å². The molecule has 106 valence electrons. The molecule has 0 amide bonds. The lowest BCUT2D eigenvalue weighted by Gasteiger charge is -2.37. The predicted octanol–water partition coefficient (Wildman–Crippen LogP) is 4.41. The van der Waals surface area contributed by atoms with Crippen LogP contribution in [0.3, 0.4) is 0 Å². The van der Waals surface area contributed by atoms with Gasteiger partial charge in [-0.15, -0.1) is 0 Å². The number of hydrogen-bond donors (Lipinski definition) is 0. The maximum atomic E-state index is 5.93. The van der Waals surface area contributed by atoms with Crippen LogP contribution in [-0.4, -0.2) is 23.6 Å². The van der Waals surface area contributed by atoms with Crippen molar-refractivity contribution < 1.29 is 4.74 Å². The standard InChI is InChI=1S/C17H27NO/c1-5-13-19-16-11-7-6-9-14(16)15-10-8-12-18(15)17(2,3)4/h6-7,9,11,15H,5,8,10,12-13H2,1-4H3. The van der Waals surface area contributed by atoms with Crippen LogP contribution >= 0.6 is 0 Å². The summed E-state index contributed by atoms with van der Waals surface area (Å²) >= 11 is 0. The van der Waals surface area contributed by atoms with Crippen molar-refractivity contribution in [1.82, 2.24) is 4.90 Å². The summed E-state index contributed by atoms with van der Waals surface area (Å²) in [6.45, 7) is 11.1. The van der Waals surface area contributed by atoms with Crippen LogP contribution in [0.15, 0.2) is 24.3 Å². The van der Waals surface area contributed by atoms with Gasteiger partial charge >= 0.3 is 0 Å². The van der Waals surface area contributed by atoms with Gasteiger partial charge in [-0.2, -0.15) is 0 Å². The molecule has 2 rings (SSSR count). The van der Waals surface area contributed by atoms with E-state index in [9.17, 15) is 0 Å². The van der Waals surface area contributed by atoms with Crippen LogP contribution in [0, 0.1) is 0 Å². The smallest absolute Gasteiger partial charge is 0.124 e. The summed E-state index contributed by atoms with van der Waals surface area (Å²) < 4.78 is 5.93. The van der Waals surface area contributed by atoms with Gasteiger partial charge in [0.15, 0.2) is 0 Å². The second-order valence-electron chi connectivity index (χ2n) is 6.41. The SMILES string of the molecule is CCCOc1ccccc1C1CCCN1C(C)(C)C. The minimum atomic E-state index is 0.221. The van der Waals surface area contributed by atoms with Gasteiger partial charge in [-0.3, -0.25) is 4.90 Å². The highest BCUT2D eigenvalue weighted by Crippen LogP contribution is 2.40. The van der Waals surface area contributed by atoms with E-state index in [0.29, 0.717) is 6.04 Å². The van der Waals surface area contributed by atoms with Gasteiger partial charge in [-0.25, -0.2) is 0 Å². The summed E-state index contributed by atoms with van der Waals surface area (Å²) in [7, 11) is 0. The number of likely N-dealkylation sites (tertiary alicyclic amines) is 1. The van der Waals surface area contributed by atoms with Crippen molar-refractivity contribution >= 4 is 0 Å². The summed E-state index contributed by atoms with van der Waals surface area (Å²) in [5.41, 5.74) is 1.59. The Kier molecular flexibility index (Phi) is 4.51. The second kappa shape index (κ2) is 5.96. The molecule has 1 aliphatic rings. The van der Waals surface area contributed by atoms with Gasteiger partial charge in [-0.05, 0) is 52.6 Å². The van der Waals surface area contributed by atoms with Crippen LogP contribution in [0.2, 0.25) is 0 Å². The first-order chi connectivity index (χ1) is 9.04. The highest BCUT2D eigenvalue weighted by molar-refractivity contribution is 5.36. The van der Waals surface area contributed by atoms with Gasteiger partial charge in [0.25, 0.3) is 0 Å². The number of hydrogen-bond acceptors (Lipinski definition) is 2. The third kappa shape index (κ3) is 3.30. The Morgan fingerprint density at radius 3 is 2.68 bits per heavy atom. The lowest BCUT2D eigenvalue weighted by Crippen LogP contribution is -2.40. The Hall–Kier alpha value is -1.02. The maximum absolute atomic E-state index is 5.93. The Balaban J connectivity index is 2.25. The summed E-state index contributed by atoms with van der Waals surface area (Å²) in [5, 5.41) is 0. The molecule has 0 aromatic heterocycles. The zero-order chi connectivity index (χ0) is 13.9. The van der Waals surface area contributed by atoms with Crippen molar-refractivity contribution in [3.05, 3.63) is 29.8 Å². The van der Waals surface area contributed by atoms with E-state index >= 15 is 0 Å². The fourth-order valence-corrected chi connectivity index (χ4v) is 2.99. The number of rotatable bonds is 4. The Morgan fingerprint density at radius 1 is 1.26 bits per heavy atom. The van der Waals surface area contributed by atoms with Crippen molar-refractivity contribution in [3.63, 3.8) is 0 Å². The molecular weight excluding hydrogens is 234 g/mol. The molecule has 1 aliphatic heterocycles. The van der Waals surface area contributed by atoms with Crippen LogP contribution in [0.25, 0.3) is 0 Å². The first kappa shape index (κ1) is 14.4. The Labute approximate surface area is 117 Å². The van der Waals surface area contributed by atoms with E-state index in [1.807, 2.05) is 0 Å². The monoisotopic (exact) mass is 261 g/mol. The number of benzene rings is 1. The largest absolute Gasteiger partial charge is 0.493 e. The molecule has 19 heavy (non-hydrogen) atoms. The van der Waals surface area contributed by atoms with Crippen LogP contribution < -0.4 is 4.74 Å². The van der Waals surface area contributed by atoms with E-state index in [0.717, 1.165) is 18.8 Å². The van der Waals surface area contributed by atoms with Crippen molar-refractivity contribution in [2.45, 2.75) is 58.5 Å². The number of ether oxygens (including phenoxy) is 1. The highest BCUT2D eigenvalue weighted by atomic mass is 16.5. The molecule has 0 saturated carbocycles. The molecule has 2 nitrogen and oxygen atoms in total. The molecule has 0 radical (unpaired) electrons. The molecule has 0 aliphatic carbocycles. The first-order valence-electron chi connectivity index (χ1n) is 7.52. The normalized spacial score (nSPS) is 20.7. The zero-order valence-corrected chi connectivity index (χ0v) is 12.8. The highest BCUT2D eigenvalue weighted by Gasteiger charge is 2.34. The van der Waals surface area contributed by atoms with E-state index in [2.05, 4.69) is 56.9 Å². The zero-order valence-electron chi connectivity index (χ0n) is 12.8. The van der Waals surface area contributed by atoms with Gasteiger partial charge in [0.1, 0.15) is 5.75 Å². The Bertz CT molecular complexity index is 408. The molecule has 2 heteroatoms. The molecule has 1 unspecified atom stereocenters. The molecule has 1 aromatic rings. The van der Waals surface area contributed by atoms with E-state index < -0.39 is 0 Å². The second-order valence-corrected chi connectivity index (χ2v) is 6.41. The molecule has 1 atom stereocenters. The molecule has 0 N–H and O–H groups in total. The molecule has 1 saturated heterocycles. The van der Waals surface area contributed by atoms with E-state index in [-0.39, 0.29) is 5.54 Å². The first-order valence-corrected chi connectivity index (χ1v) is 7.52. The van der Waals surface area contributed by atoms with E-state index in [1.54, 1.807) is 0 Å². The molecule has 1 fully saturated rings. The Morgan fingerprint density at radius 2 is 2.00 bits per heavy atom.